The lowest BCUT2D eigenvalue weighted by Crippen LogP contribution is -2.16. The van der Waals surface area contributed by atoms with Gasteiger partial charge in [-0.3, -0.25) is 0 Å². The summed E-state index contributed by atoms with van der Waals surface area (Å²) in [6.07, 6.45) is 3.68. The summed E-state index contributed by atoms with van der Waals surface area (Å²) in [5.74, 6) is 2.01. The largest absolute Gasteiger partial charge is 0.454 e. The first kappa shape index (κ1) is 52.9. The van der Waals surface area contributed by atoms with E-state index in [2.05, 4.69) is 238 Å². The van der Waals surface area contributed by atoms with Gasteiger partial charge in [0.15, 0.2) is 11.2 Å². The summed E-state index contributed by atoms with van der Waals surface area (Å²) < 4.78 is 32.6. The van der Waals surface area contributed by atoms with Crippen LogP contribution < -0.4 is 9.80 Å². The minimum Gasteiger partial charge on any atom is -0.454 e. The van der Waals surface area contributed by atoms with Gasteiger partial charge in [-0.1, -0.05) is 217 Å². The highest BCUT2D eigenvalue weighted by atomic mass is 16.3. The zero-order chi connectivity index (χ0) is 61.1. The first-order valence-electron chi connectivity index (χ1n) is 32.7. The third-order valence-corrected chi connectivity index (χ3v) is 18.0. The Bertz CT molecular complexity index is 4730. The van der Waals surface area contributed by atoms with Gasteiger partial charge >= 0.3 is 0 Å². The predicted molar refractivity (Wildman–Crippen MR) is 371 cm³/mol. The van der Waals surface area contributed by atoms with Gasteiger partial charge in [0.05, 0.1) is 36.9 Å². The molecular formula is C82H80N2O2. The van der Waals surface area contributed by atoms with Crippen molar-refractivity contribution in [1.82, 2.24) is 0 Å². The van der Waals surface area contributed by atoms with Crippen LogP contribution in [0.25, 0.3) is 97.7 Å². The molecule has 0 saturated heterocycles. The first-order valence-corrected chi connectivity index (χ1v) is 31.7. The third-order valence-electron chi connectivity index (χ3n) is 18.0. The number of rotatable bonds is 16. The lowest BCUT2D eigenvalue weighted by molar-refractivity contribution is 0.646. The van der Waals surface area contributed by atoms with Crippen LogP contribution in [0, 0.1) is 23.7 Å². The minimum atomic E-state index is 0.154. The number of furan rings is 2. The molecule has 0 N–H and O–H groups in total. The number of hydrogen-bond donors (Lipinski definition) is 0. The van der Waals surface area contributed by atoms with Crippen molar-refractivity contribution in [2.45, 2.75) is 121 Å². The fourth-order valence-electron chi connectivity index (χ4n) is 14.5. The average molecular weight is 1130 g/mol. The molecule has 0 radical (unpaired) electrons. The van der Waals surface area contributed by atoms with Crippen molar-refractivity contribution >= 4 is 132 Å². The van der Waals surface area contributed by atoms with E-state index in [1.54, 1.807) is 0 Å². The van der Waals surface area contributed by atoms with Crippen LogP contribution in [-0.2, 0) is 25.7 Å². The molecule has 0 spiro atoms. The van der Waals surface area contributed by atoms with Crippen molar-refractivity contribution in [3.63, 3.8) is 0 Å². The summed E-state index contributed by atoms with van der Waals surface area (Å²) in [5.41, 5.74) is 16.9. The number of benzene rings is 12. The molecule has 0 aliphatic rings. The quantitative estimate of drug-likeness (QED) is 0.0903. The average Bonchev–Trinajstić information content (AvgIpc) is 0.963. The van der Waals surface area contributed by atoms with E-state index in [0.29, 0.717) is 46.9 Å². The second-order valence-electron chi connectivity index (χ2n) is 27.0. The highest BCUT2D eigenvalue weighted by Crippen LogP contribution is 2.55. The fraction of sp³-hybridized carbons (Fsp3) is 0.268. The number of hydrogen-bond acceptors (Lipinski definition) is 4. The Morgan fingerprint density at radius 3 is 1.12 bits per heavy atom. The molecule has 0 aliphatic heterocycles. The van der Waals surface area contributed by atoms with E-state index in [9.17, 15) is 2.74 Å². The zero-order valence-corrected chi connectivity index (χ0v) is 52.2. The lowest BCUT2D eigenvalue weighted by atomic mass is 9.83. The molecule has 2 heterocycles. The Morgan fingerprint density at radius 2 is 0.721 bits per heavy atom. The summed E-state index contributed by atoms with van der Waals surface area (Å²) >= 11 is 0. The normalized spacial score (nSPS) is 12.9. The van der Waals surface area contributed by atoms with Crippen molar-refractivity contribution < 1.29 is 11.6 Å². The highest BCUT2D eigenvalue weighted by molar-refractivity contribution is 6.30. The maximum absolute atomic E-state index is 9.17. The van der Waals surface area contributed by atoms with Crippen molar-refractivity contribution in [3.8, 4) is 0 Å². The second kappa shape index (κ2) is 21.7. The van der Waals surface area contributed by atoms with E-state index in [4.69, 9.17) is 8.83 Å². The summed E-state index contributed by atoms with van der Waals surface area (Å²) in [5, 5.41) is 16.0. The van der Waals surface area contributed by atoms with E-state index in [1.165, 1.54) is 76.5 Å². The molecule has 0 saturated carbocycles. The van der Waals surface area contributed by atoms with Crippen LogP contribution in [-0.4, -0.2) is 0 Å². The first-order chi connectivity index (χ1) is 42.4. The standard InChI is InChI=1S/C82H80N2O2/c1-47(2)39-53-27-29-55-31-33-57(41-49(5)6)79(69(55)43-53)83(71-23-17-21-63-59-19-13-15-25-75(59)85-81(63)71)73-45-67(51(9)10)61-36-38-66-74(46-68(52(11)12)62-35-37-65(73)77(61)78(62)66)84(72-24-18-22-64-60-20-14-16-26-76(60)86-82(64)72)80-58(42-50(7)8)34-32-56-30-28-54(40-48(3)4)44-70(56)80/h13-38,43-52H,39-42H2,1-12H3/i25D,26D. The Labute approximate surface area is 510 Å². The van der Waals surface area contributed by atoms with E-state index in [-0.39, 0.29) is 11.8 Å². The molecule has 86 heavy (non-hydrogen) atoms. The van der Waals surface area contributed by atoms with Gasteiger partial charge in [0.25, 0.3) is 0 Å². The summed E-state index contributed by atoms with van der Waals surface area (Å²) in [7, 11) is 0. The topological polar surface area (TPSA) is 32.8 Å². The van der Waals surface area contributed by atoms with Gasteiger partial charge in [0.2, 0.25) is 0 Å². The molecule has 2 aromatic heterocycles. The molecule has 14 aromatic rings. The summed E-state index contributed by atoms with van der Waals surface area (Å²) in [6.45, 7) is 28.0. The molecule has 0 fully saturated rings. The molecule has 0 bridgehead atoms. The van der Waals surface area contributed by atoms with Crippen LogP contribution in [0.5, 0.6) is 0 Å². The summed E-state index contributed by atoms with van der Waals surface area (Å²) in [6, 6.07) is 64.1. The van der Waals surface area contributed by atoms with Gasteiger partial charge in [-0.25, -0.2) is 0 Å². The Kier molecular flexibility index (Phi) is 13.4. The van der Waals surface area contributed by atoms with Gasteiger partial charge in [0, 0.05) is 43.1 Å². The molecule has 0 unspecified atom stereocenters. The smallest absolute Gasteiger partial charge is 0.159 e. The monoisotopic (exact) mass is 1130 g/mol. The lowest BCUT2D eigenvalue weighted by Gasteiger charge is -2.34. The van der Waals surface area contributed by atoms with Crippen LogP contribution >= 0.6 is 0 Å². The van der Waals surface area contributed by atoms with Crippen LogP contribution in [0.15, 0.2) is 191 Å². The number of nitrogens with zero attached hydrogens (tertiary/aromatic N) is 2. The van der Waals surface area contributed by atoms with Gasteiger partial charge in [-0.15, -0.1) is 0 Å². The summed E-state index contributed by atoms with van der Waals surface area (Å²) in [4.78, 5) is 5.15. The zero-order valence-electron chi connectivity index (χ0n) is 54.2. The fourth-order valence-corrected chi connectivity index (χ4v) is 14.5. The van der Waals surface area contributed by atoms with Crippen LogP contribution in [0.2, 0.25) is 0 Å². The van der Waals surface area contributed by atoms with Gasteiger partial charge in [-0.2, -0.15) is 0 Å². The van der Waals surface area contributed by atoms with Crippen molar-refractivity contribution in [3.05, 3.63) is 215 Å². The van der Waals surface area contributed by atoms with Crippen LogP contribution in [0.4, 0.5) is 34.1 Å². The Hall–Kier alpha value is -8.60. The van der Waals surface area contributed by atoms with E-state index >= 15 is 0 Å². The number of anilines is 6. The molecule has 14 rings (SSSR count). The van der Waals surface area contributed by atoms with Crippen molar-refractivity contribution in [2.75, 3.05) is 9.80 Å². The number of para-hydroxylation sites is 4. The molecule has 0 aliphatic carbocycles. The molecule has 0 atom stereocenters. The van der Waals surface area contributed by atoms with E-state index in [0.717, 1.165) is 103 Å². The molecule has 0 amide bonds. The van der Waals surface area contributed by atoms with Gasteiger partial charge in [-0.05, 0) is 175 Å². The van der Waals surface area contributed by atoms with E-state index < -0.39 is 0 Å². The molecule has 12 aromatic carbocycles. The maximum atomic E-state index is 9.17. The number of fused-ring (bicyclic) bond motifs is 8. The van der Waals surface area contributed by atoms with Crippen LogP contribution in [0.3, 0.4) is 0 Å². The van der Waals surface area contributed by atoms with Crippen molar-refractivity contribution in [1.29, 1.82) is 0 Å². The minimum absolute atomic E-state index is 0.154. The Balaban J connectivity index is 1.16. The van der Waals surface area contributed by atoms with Gasteiger partial charge in [0.1, 0.15) is 11.2 Å². The molecule has 4 nitrogen and oxygen atoms in total. The molecule has 4 heteroatoms. The third kappa shape index (κ3) is 9.34. The Morgan fingerprint density at radius 1 is 0.337 bits per heavy atom. The molecule has 430 valence electrons. The second-order valence-corrected chi connectivity index (χ2v) is 27.0. The van der Waals surface area contributed by atoms with Crippen LogP contribution in [0.1, 0.15) is 131 Å². The highest BCUT2D eigenvalue weighted by Gasteiger charge is 2.32. The maximum Gasteiger partial charge on any atom is 0.159 e. The van der Waals surface area contributed by atoms with E-state index in [1.807, 2.05) is 24.3 Å². The SMILES string of the molecule is [2H]c1cccc2c1oc1c(N(c3c(CC(C)C)ccc4ccc(CC(C)C)cc34)c3cc(C(C)C)c4ccc5c(N(c6c(CC(C)C)ccc7ccc(CC(C)C)cc67)c6cccc7c6oc6c([2H])cccc67)cc(C(C)C)c6ccc3c4c65)cccc12. The van der Waals surface area contributed by atoms with Crippen molar-refractivity contribution in [2.24, 2.45) is 23.7 Å². The van der Waals surface area contributed by atoms with Gasteiger partial charge < -0.3 is 18.6 Å². The molecular weight excluding hydrogens is 1040 g/mol. The predicted octanol–water partition coefficient (Wildman–Crippen LogP) is 24.7.